The first-order valence-electron chi connectivity index (χ1n) is 8.52. The quantitative estimate of drug-likeness (QED) is 0.648. The van der Waals surface area contributed by atoms with Gasteiger partial charge in [0, 0.05) is 19.1 Å². The molecule has 9 heteroatoms. The van der Waals surface area contributed by atoms with Crippen molar-refractivity contribution in [1.82, 2.24) is 19.4 Å². The number of likely N-dealkylation sites (N-methyl/N-ethyl adjacent to an activating group) is 1. The topological polar surface area (TPSA) is 121 Å². The van der Waals surface area contributed by atoms with Crippen LogP contribution in [-0.2, 0) is 4.79 Å². The van der Waals surface area contributed by atoms with Gasteiger partial charge in [-0.2, -0.15) is 0 Å². The van der Waals surface area contributed by atoms with E-state index in [-0.39, 0.29) is 36.4 Å². The molecule has 2 heterocycles. The van der Waals surface area contributed by atoms with E-state index in [2.05, 4.69) is 4.98 Å². The van der Waals surface area contributed by atoms with Crippen LogP contribution < -0.4 is 17.0 Å². The van der Waals surface area contributed by atoms with Gasteiger partial charge < -0.3 is 10.6 Å². The predicted molar refractivity (Wildman–Crippen MR) is 91.6 cm³/mol. The smallest absolute Gasteiger partial charge is 0.330 e. The minimum atomic E-state index is -0.774. The molecule has 1 amide bonds. The van der Waals surface area contributed by atoms with Crippen molar-refractivity contribution in [1.29, 1.82) is 0 Å². The fourth-order valence-electron chi connectivity index (χ4n) is 3.21. The van der Waals surface area contributed by atoms with Crippen molar-refractivity contribution < 1.29 is 9.59 Å². The third-order valence-electron chi connectivity index (χ3n) is 4.65. The molecule has 0 unspecified atom stereocenters. The van der Waals surface area contributed by atoms with Crippen LogP contribution in [-0.4, -0.2) is 64.3 Å². The van der Waals surface area contributed by atoms with E-state index in [1.807, 2.05) is 0 Å². The van der Waals surface area contributed by atoms with Crippen molar-refractivity contribution in [2.75, 3.05) is 39.0 Å². The lowest BCUT2D eigenvalue weighted by atomic mass is 10.2. The molecule has 0 aromatic carbocycles. The van der Waals surface area contributed by atoms with Crippen LogP contribution in [0.25, 0.3) is 0 Å². The van der Waals surface area contributed by atoms with Crippen LogP contribution in [0.15, 0.2) is 9.59 Å². The molecule has 1 saturated heterocycles. The molecule has 0 radical (unpaired) electrons. The number of hydrogen-bond donors (Lipinski definition) is 2. The molecule has 0 spiro atoms. The first kappa shape index (κ1) is 17.4. The van der Waals surface area contributed by atoms with E-state index in [9.17, 15) is 19.2 Å². The molecule has 1 aliphatic heterocycles. The zero-order valence-corrected chi connectivity index (χ0v) is 14.3. The van der Waals surface area contributed by atoms with Gasteiger partial charge in [-0.3, -0.25) is 28.8 Å². The van der Waals surface area contributed by atoms with Gasteiger partial charge in [0.15, 0.2) is 5.78 Å². The second-order valence-corrected chi connectivity index (χ2v) is 6.80. The predicted octanol–water partition coefficient (Wildman–Crippen LogP) is -0.809. The summed E-state index contributed by atoms with van der Waals surface area (Å²) in [7, 11) is 1.65. The molecule has 1 aromatic rings. The molecular formula is C16H23N5O4. The fraction of sp³-hybridized carbons (Fsp3) is 0.625. The number of likely N-dealkylation sites (tertiary alicyclic amines) is 1. The van der Waals surface area contributed by atoms with E-state index in [1.165, 1.54) is 4.57 Å². The molecule has 2 aliphatic rings. The third-order valence-corrected chi connectivity index (χ3v) is 4.65. The van der Waals surface area contributed by atoms with Crippen LogP contribution in [0.3, 0.4) is 0 Å². The first-order valence-corrected chi connectivity index (χ1v) is 8.52. The van der Waals surface area contributed by atoms with Crippen LogP contribution in [0, 0.1) is 0 Å². The number of anilines is 1. The molecule has 0 atom stereocenters. The van der Waals surface area contributed by atoms with Gasteiger partial charge in [0.1, 0.15) is 11.4 Å². The Hall–Kier alpha value is -2.42. The summed E-state index contributed by atoms with van der Waals surface area (Å²) in [6.07, 6.45) is 3.61. The van der Waals surface area contributed by atoms with Gasteiger partial charge in [-0.05, 0) is 32.7 Å². The van der Waals surface area contributed by atoms with E-state index < -0.39 is 17.0 Å². The van der Waals surface area contributed by atoms with Crippen molar-refractivity contribution in [3.8, 4) is 0 Å². The largest absolute Gasteiger partial charge is 0.384 e. The summed E-state index contributed by atoms with van der Waals surface area (Å²) in [5, 5.41) is 0. The van der Waals surface area contributed by atoms with Gasteiger partial charge in [0.25, 0.3) is 5.56 Å². The normalized spacial score (nSPS) is 17.3. The highest BCUT2D eigenvalue weighted by Crippen LogP contribution is 2.35. The van der Waals surface area contributed by atoms with E-state index in [1.54, 1.807) is 16.8 Å². The maximum atomic E-state index is 12.5. The summed E-state index contributed by atoms with van der Waals surface area (Å²) in [5.74, 6) is -0.608. The molecule has 3 N–H and O–H groups in total. The molecule has 1 aliphatic carbocycles. The fourth-order valence-corrected chi connectivity index (χ4v) is 3.21. The Labute approximate surface area is 144 Å². The van der Waals surface area contributed by atoms with Crippen LogP contribution in [0.5, 0.6) is 0 Å². The number of ketones is 1. The van der Waals surface area contributed by atoms with Crippen molar-refractivity contribution in [3.63, 3.8) is 0 Å². The summed E-state index contributed by atoms with van der Waals surface area (Å²) >= 11 is 0. The van der Waals surface area contributed by atoms with Gasteiger partial charge in [0.05, 0.1) is 13.1 Å². The second kappa shape index (κ2) is 6.83. The maximum Gasteiger partial charge on any atom is 0.330 e. The molecule has 2 fully saturated rings. The van der Waals surface area contributed by atoms with Crippen LogP contribution >= 0.6 is 0 Å². The number of nitrogens with zero attached hydrogens (tertiary/aromatic N) is 3. The van der Waals surface area contributed by atoms with Crippen LogP contribution in [0.2, 0.25) is 0 Å². The van der Waals surface area contributed by atoms with Crippen LogP contribution in [0.4, 0.5) is 5.82 Å². The Morgan fingerprint density at radius 2 is 1.84 bits per heavy atom. The number of nitrogens with one attached hydrogen (secondary N) is 1. The zero-order valence-electron chi connectivity index (χ0n) is 14.3. The number of rotatable bonds is 6. The number of aromatic amines is 1. The van der Waals surface area contributed by atoms with E-state index in [4.69, 9.17) is 5.73 Å². The number of aromatic nitrogens is 2. The second-order valence-electron chi connectivity index (χ2n) is 6.80. The molecule has 0 bridgehead atoms. The summed E-state index contributed by atoms with van der Waals surface area (Å²) < 4.78 is 1.28. The summed E-state index contributed by atoms with van der Waals surface area (Å²) in [6, 6.07) is -0.0506. The summed E-state index contributed by atoms with van der Waals surface area (Å²) in [4.78, 5) is 54.1. The van der Waals surface area contributed by atoms with Crippen molar-refractivity contribution in [2.45, 2.75) is 31.7 Å². The first-order chi connectivity index (χ1) is 11.9. The van der Waals surface area contributed by atoms with Crippen molar-refractivity contribution >= 4 is 17.5 Å². The molecule has 25 heavy (non-hydrogen) atoms. The number of hydrogen-bond acceptors (Lipinski definition) is 6. The average Bonchev–Trinajstić information content (AvgIpc) is 3.18. The van der Waals surface area contributed by atoms with Gasteiger partial charge >= 0.3 is 5.69 Å². The monoisotopic (exact) mass is 349 g/mol. The minimum Gasteiger partial charge on any atom is -0.384 e. The van der Waals surface area contributed by atoms with Gasteiger partial charge in [-0.15, -0.1) is 0 Å². The zero-order chi connectivity index (χ0) is 18.1. The number of nitrogen functional groups attached to an aromatic ring is 1. The SMILES string of the molecule is CN(CC(=O)c1c(N)n(C2CC2)c(=O)[nH]c1=O)CC(=O)N1CCCC1. The highest BCUT2D eigenvalue weighted by Gasteiger charge is 2.30. The summed E-state index contributed by atoms with van der Waals surface area (Å²) in [6.45, 7) is 1.49. The number of Topliss-reactive ketones (excluding diaryl/α,β-unsaturated/α-hetero) is 1. The summed E-state index contributed by atoms with van der Waals surface area (Å²) in [5.41, 5.74) is 4.37. The Morgan fingerprint density at radius 1 is 1.20 bits per heavy atom. The highest BCUT2D eigenvalue weighted by atomic mass is 16.2. The lowest BCUT2D eigenvalue weighted by Crippen LogP contribution is -2.41. The van der Waals surface area contributed by atoms with E-state index in [0.29, 0.717) is 0 Å². The number of H-pyrrole nitrogens is 1. The Bertz CT molecular complexity index is 802. The molecule has 1 saturated carbocycles. The average molecular weight is 349 g/mol. The van der Waals surface area contributed by atoms with E-state index in [0.717, 1.165) is 38.8 Å². The molecule has 3 rings (SSSR count). The number of amides is 1. The van der Waals surface area contributed by atoms with E-state index >= 15 is 0 Å². The Kier molecular flexibility index (Phi) is 4.76. The molecule has 9 nitrogen and oxygen atoms in total. The molecular weight excluding hydrogens is 326 g/mol. The van der Waals surface area contributed by atoms with Gasteiger partial charge in [0.2, 0.25) is 5.91 Å². The third kappa shape index (κ3) is 3.65. The van der Waals surface area contributed by atoms with Gasteiger partial charge in [-0.1, -0.05) is 0 Å². The lowest BCUT2D eigenvalue weighted by Gasteiger charge is -2.21. The Morgan fingerprint density at radius 3 is 2.44 bits per heavy atom. The lowest BCUT2D eigenvalue weighted by molar-refractivity contribution is -0.130. The Balaban J connectivity index is 1.72. The maximum absolute atomic E-state index is 12.5. The van der Waals surface area contributed by atoms with Crippen molar-refractivity contribution in [2.24, 2.45) is 0 Å². The standard InChI is InChI=1S/C16H23N5O4/c1-19(9-12(23)20-6-2-3-7-20)8-11(22)13-14(17)21(10-4-5-10)16(25)18-15(13)24/h10H,2-9,17H2,1H3,(H,18,24,25). The molecule has 1 aromatic heterocycles. The molecule has 136 valence electrons. The number of carbonyl (C=O) groups is 2. The number of nitrogens with two attached hydrogens (primary N) is 1. The van der Waals surface area contributed by atoms with Crippen molar-refractivity contribution in [3.05, 3.63) is 26.4 Å². The highest BCUT2D eigenvalue weighted by molar-refractivity contribution is 6.01. The number of carbonyl (C=O) groups excluding carboxylic acids is 2. The van der Waals surface area contributed by atoms with Crippen LogP contribution in [0.1, 0.15) is 42.1 Å². The van der Waals surface area contributed by atoms with Gasteiger partial charge in [-0.25, -0.2) is 4.79 Å². The minimum absolute atomic E-state index is 0.0300.